The van der Waals surface area contributed by atoms with Crippen LogP contribution in [0.15, 0.2) is 18.3 Å². The van der Waals surface area contributed by atoms with Crippen molar-refractivity contribution in [3.05, 3.63) is 24.0 Å². The van der Waals surface area contributed by atoms with Gasteiger partial charge in [0.25, 0.3) is 0 Å². The molecule has 1 amide bonds. The summed E-state index contributed by atoms with van der Waals surface area (Å²) in [6.07, 6.45) is 4.43. The maximum absolute atomic E-state index is 11.8. The monoisotopic (exact) mass is 233 g/mol. The predicted molar refractivity (Wildman–Crippen MR) is 65.6 cm³/mol. The van der Waals surface area contributed by atoms with Crippen molar-refractivity contribution >= 4 is 5.91 Å². The maximum Gasteiger partial charge on any atom is 0.234 e. The van der Waals surface area contributed by atoms with E-state index in [1.54, 1.807) is 0 Å². The zero-order valence-corrected chi connectivity index (χ0v) is 10.2. The van der Waals surface area contributed by atoms with E-state index in [1.165, 1.54) is 5.69 Å². The van der Waals surface area contributed by atoms with Gasteiger partial charge in [0, 0.05) is 37.1 Å². The third kappa shape index (κ3) is 2.22. The fourth-order valence-electron chi connectivity index (χ4n) is 2.53. The van der Waals surface area contributed by atoms with Crippen molar-refractivity contribution in [2.45, 2.75) is 38.4 Å². The molecular weight excluding hydrogens is 214 g/mol. The zero-order valence-electron chi connectivity index (χ0n) is 10.2. The summed E-state index contributed by atoms with van der Waals surface area (Å²) < 4.78 is 2.28. The highest BCUT2D eigenvalue weighted by atomic mass is 16.2. The summed E-state index contributed by atoms with van der Waals surface area (Å²) in [6, 6.07) is 5.03. The van der Waals surface area contributed by atoms with E-state index in [0.717, 1.165) is 25.9 Å². The lowest BCUT2D eigenvalue weighted by atomic mass is 10.1. The molecule has 0 radical (unpaired) electrons. The molecule has 1 aromatic heterocycles. The SMILES string of the molecule is C[C@H]1c2cccn2CCN1CC(=O)NC1CC1. The lowest BCUT2D eigenvalue weighted by Crippen LogP contribution is -2.43. The Hall–Kier alpha value is -1.29. The van der Waals surface area contributed by atoms with Crippen molar-refractivity contribution in [1.82, 2.24) is 14.8 Å². The van der Waals surface area contributed by atoms with Crippen LogP contribution in [0.4, 0.5) is 0 Å². The van der Waals surface area contributed by atoms with E-state index < -0.39 is 0 Å². The molecule has 0 bridgehead atoms. The molecule has 0 saturated heterocycles. The molecule has 1 aliphatic heterocycles. The zero-order chi connectivity index (χ0) is 11.8. The minimum Gasteiger partial charge on any atom is -0.352 e. The first-order valence-corrected chi connectivity index (χ1v) is 6.42. The largest absolute Gasteiger partial charge is 0.352 e. The van der Waals surface area contributed by atoms with Gasteiger partial charge in [-0.25, -0.2) is 0 Å². The van der Waals surface area contributed by atoms with Gasteiger partial charge in [-0.3, -0.25) is 9.69 Å². The summed E-state index contributed by atoms with van der Waals surface area (Å²) in [5, 5.41) is 3.05. The van der Waals surface area contributed by atoms with E-state index in [1.807, 2.05) is 0 Å². The molecule has 2 heterocycles. The average molecular weight is 233 g/mol. The van der Waals surface area contributed by atoms with Crippen LogP contribution in [0.1, 0.15) is 31.5 Å². The first-order valence-electron chi connectivity index (χ1n) is 6.42. The van der Waals surface area contributed by atoms with Crippen molar-refractivity contribution in [3.63, 3.8) is 0 Å². The summed E-state index contributed by atoms with van der Waals surface area (Å²) >= 11 is 0. The fourth-order valence-corrected chi connectivity index (χ4v) is 2.53. The Balaban J connectivity index is 1.62. The van der Waals surface area contributed by atoms with E-state index in [4.69, 9.17) is 0 Å². The van der Waals surface area contributed by atoms with Crippen LogP contribution in [0.25, 0.3) is 0 Å². The van der Waals surface area contributed by atoms with Crippen LogP contribution in [0, 0.1) is 0 Å². The summed E-state index contributed by atoms with van der Waals surface area (Å²) in [4.78, 5) is 14.1. The van der Waals surface area contributed by atoms with Gasteiger partial charge >= 0.3 is 0 Å². The number of nitrogens with zero attached hydrogens (tertiary/aromatic N) is 2. The summed E-state index contributed by atoms with van der Waals surface area (Å²) in [5.74, 6) is 0.180. The molecule has 4 heteroatoms. The number of nitrogens with one attached hydrogen (secondary N) is 1. The Bertz CT molecular complexity index is 422. The molecule has 1 saturated carbocycles. The minimum atomic E-state index is 0.180. The number of fused-ring (bicyclic) bond motifs is 1. The Morgan fingerprint density at radius 1 is 1.47 bits per heavy atom. The molecule has 3 rings (SSSR count). The van der Waals surface area contributed by atoms with Gasteiger partial charge < -0.3 is 9.88 Å². The Morgan fingerprint density at radius 2 is 2.29 bits per heavy atom. The van der Waals surface area contributed by atoms with Gasteiger partial charge in [-0.15, -0.1) is 0 Å². The van der Waals surface area contributed by atoms with Gasteiger partial charge in [-0.2, -0.15) is 0 Å². The number of hydrogen-bond acceptors (Lipinski definition) is 2. The molecule has 0 unspecified atom stereocenters. The van der Waals surface area contributed by atoms with Crippen LogP contribution in [-0.4, -0.2) is 34.5 Å². The number of carbonyl (C=O) groups is 1. The van der Waals surface area contributed by atoms with E-state index in [0.29, 0.717) is 18.6 Å². The molecule has 92 valence electrons. The van der Waals surface area contributed by atoms with Crippen molar-refractivity contribution in [2.24, 2.45) is 0 Å². The highest BCUT2D eigenvalue weighted by Crippen LogP contribution is 2.25. The molecule has 1 atom stereocenters. The average Bonchev–Trinajstić information content (AvgIpc) is 2.97. The fraction of sp³-hybridized carbons (Fsp3) is 0.615. The smallest absolute Gasteiger partial charge is 0.234 e. The van der Waals surface area contributed by atoms with Crippen LogP contribution in [0.2, 0.25) is 0 Å². The van der Waals surface area contributed by atoms with Gasteiger partial charge in [0.05, 0.1) is 6.54 Å². The minimum absolute atomic E-state index is 0.180. The van der Waals surface area contributed by atoms with Crippen molar-refractivity contribution in [3.8, 4) is 0 Å². The molecular formula is C13H19N3O. The lowest BCUT2D eigenvalue weighted by molar-refractivity contribution is -0.123. The third-order valence-electron chi connectivity index (χ3n) is 3.76. The van der Waals surface area contributed by atoms with Gasteiger partial charge in [0.1, 0.15) is 0 Å². The topological polar surface area (TPSA) is 37.3 Å². The first-order chi connectivity index (χ1) is 8.24. The second-order valence-electron chi connectivity index (χ2n) is 5.11. The van der Waals surface area contributed by atoms with Crippen LogP contribution in [0.5, 0.6) is 0 Å². The molecule has 0 aromatic carbocycles. The van der Waals surface area contributed by atoms with E-state index >= 15 is 0 Å². The molecule has 4 nitrogen and oxygen atoms in total. The standard InChI is InChI=1S/C13H19N3O/c1-10-12-3-2-6-15(12)7-8-16(10)9-13(17)14-11-4-5-11/h2-3,6,10-11H,4-5,7-9H2,1H3,(H,14,17)/t10-/m0/s1. The normalized spacial score (nSPS) is 24.4. The van der Waals surface area contributed by atoms with Crippen molar-refractivity contribution in [2.75, 3.05) is 13.1 Å². The second kappa shape index (κ2) is 4.18. The maximum atomic E-state index is 11.8. The van der Waals surface area contributed by atoms with Crippen LogP contribution in [-0.2, 0) is 11.3 Å². The van der Waals surface area contributed by atoms with Gasteiger partial charge in [-0.05, 0) is 31.9 Å². The lowest BCUT2D eigenvalue weighted by Gasteiger charge is -2.34. The second-order valence-corrected chi connectivity index (χ2v) is 5.11. The predicted octanol–water partition coefficient (Wildman–Crippen LogP) is 1.14. The van der Waals surface area contributed by atoms with Gasteiger partial charge in [-0.1, -0.05) is 0 Å². The molecule has 0 spiro atoms. The Labute approximate surface area is 102 Å². The summed E-state index contributed by atoms with van der Waals surface area (Å²) in [6.45, 7) is 4.66. The quantitative estimate of drug-likeness (QED) is 0.850. The van der Waals surface area contributed by atoms with E-state index in [-0.39, 0.29) is 5.91 Å². The van der Waals surface area contributed by atoms with Gasteiger partial charge in [0.15, 0.2) is 0 Å². The van der Waals surface area contributed by atoms with Crippen LogP contribution >= 0.6 is 0 Å². The number of aromatic nitrogens is 1. The highest BCUT2D eigenvalue weighted by molar-refractivity contribution is 5.78. The number of carbonyl (C=O) groups excluding carboxylic acids is 1. The number of amides is 1. The molecule has 1 fully saturated rings. The third-order valence-corrected chi connectivity index (χ3v) is 3.76. The van der Waals surface area contributed by atoms with Crippen molar-refractivity contribution < 1.29 is 4.79 Å². The van der Waals surface area contributed by atoms with Crippen LogP contribution in [0.3, 0.4) is 0 Å². The summed E-state index contributed by atoms with van der Waals surface area (Å²) in [5.41, 5.74) is 1.32. The number of hydrogen-bond donors (Lipinski definition) is 1. The first kappa shape index (κ1) is 10.8. The van der Waals surface area contributed by atoms with E-state index in [9.17, 15) is 4.79 Å². The molecule has 1 aliphatic carbocycles. The van der Waals surface area contributed by atoms with E-state index in [2.05, 4.69) is 40.0 Å². The Kier molecular flexibility index (Phi) is 2.67. The molecule has 2 aliphatic rings. The van der Waals surface area contributed by atoms with Crippen LogP contribution < -0.4 is 5.32 Å². The van der Waals surface area contributed by atoms with Crippen molar-refractivity contribution in [1.29, 1.82) is 0 Å². The molecule has 1 N–H and O–H groups in total. The van der Waals surface area contributed by atoms with Gasteiger partial charge in [0.2, 0.25) is 5.91 Å². The Morgan fingerprint density at radius 3 is 3.06 bits per heavy atom. The molecule has 17 heavy (non-hydrogen) atoms. The number of rotatable bonds is 3. The summed E-state index contributed by atoms with van der Waals surface area (Å²) in [7, 11) is 0. The highest BCUT2D eigenvalue weighted by Gasteiger charge is 2.27. The molecule has 1 aromatic rings.